The fraction of sp³-hybridized carbons (Fsp3) is 0.350. The third-order valence-corrected chi connectivity index (χ3v) is 7.49. The SMILES string of the molecule is COC(=O)[C@H]([C@H](C)c1c(F)ccc(C)c1C)N1CNc2cc(Cl)ccc2S1(=O)=O. The van der Waals surface area contributed by atoms with Gasteiger partial charge in [-0.3, -0.25) is 4.79 Å². The Morgan fingerprint density at radius 2 is 1.97 bits per heavy atom. The van der Waals surface area contributed by atoms with Gasteiger partial charge in [0.05, 0.1) is 19.5 Å². The highest BCUT2D eigenvalue weighted by Crippen LogP contribution is 2.37. The van der Waals surface area contributed by atoms with Crippen LogP contribution in [0.4, 0.5) is 10.1 Å². The van der Waals surface area contributed by atoms with Crippen molar-refractivity contribution in [3.63, 3.8) is 0 Å². The third kappa shape index (κ3) is 3.72. The first-order valence-electron chi connectivity index (χ1n) is 8.98. The van der Waals surface area contributed by atoms with Crippen LogP contribution in [0.1, 0.15) is 29.5 Å². The highest BCUT2D eigenvalue weighted by atomic mass is 35.5. The molecule has 1 heterocycles. The standard InChI is InChI=1S/C20H22ClFN2O4S/c1-11-5-7-15(22)18(12(11)2)13(3)19(20(25)28-4)24-10-23-16-9-14(21)6-8-17(16)29(24,26)27/h5-9,13,19,23H,10H2,1-4H3/t13-,19+/m1/s1. The summed E-state index contributed by atoms with van der Waals surface area (Å²) in [6.45, 7) is 5.03. The average molecular weight is 441 g/mol. The van der Waals surface area contributed by atoms with Gasteiger partial charge in [0.15, 0.2) is 0 Å². The minimum absolute atomic E-state index is 0.00399. The van der Waals surface area contributed by atoms with Gasteiger partial charge < -0.3 is 10.1 Å². The fourth-order valence-corrected chi connectivity index (χ4v) is 5.58. The summed E-state index contributed by atoms with van der Waals surface area (Å²) in [6, 6.07) is 6.06. The molecule has 3 rings (SSSR count). The van der Waals surface area contributed by atoms with Gasteiger partial charge >= 0.3 is 5.97 Å². The second-order valence-electron chi connectivity index (χ2n) is 7.03. The van der Waals surface area contributed by atoms with Gasteiger partial charge in [0, 0.05) is 10.9 Å². The van der Waals surface area contributed by atoms with Crippen LogP contribution in [0.15, 0.2) is 35.2 Å². The van der Waals surface area contributed by atoms with Gasteiger partial charge in [-0.1, -0.05) is 24.6 Å². The maximum atomic E-state index is 14.7. The maximum absolute atomic E-state index is 14.7. The molecule has 156 valence electrons. The summed E-state index contributed by atoms with van der Waals surface area (Å²) < 4.78 is 47.2. The first kappa shape index (κ1) is 21.5. The number of benzene rings is 2. The Kier molecular flexibility index (Phi) is 5.89. The van der Waals surface area contributed by atoms with E-state index in [-0.39, 0.29) is 17.1 Å². The first-order chi connectivity index (χ1) is 13.6. The van der Waals surface area contributed by atoms with E-state index in [0.29, 0.717) is 16.3 Å². The summed E-state index contributed by atoms with van der Waals surface area (Å²) in [6.07, 6.45) is 0. The first-order valence-corrected chi connectivity index (χ1v) is 10.8. The van der Waals surface area contributed by atoms with Crippen molar-refractivity contribution in [3.05, 3.63) is 57.9 Å². The molecule has 2 aromatic rings. The van der Waals surface area contributed by atoms with Crippen molar-refractivity contribution in [2.24, 2.45) is 0 Å². The number of hydrogen-bond acceptors (Lipinski definition) is 5. The normalized spacial score (nSPS) is 17.7. The number of esters is 1. The predicted molar refractivity (Wildman–Crippen MR) is 109 cm³/mol. The van der Waals surface area contributed by atoms with Crippen LogP contribution in [-0.2, 0) is 19.6 Å². The Labute approximate surface area is 174 Å². The van der Waals surface area contributed by atoms with Crippen molar-refractivity contribution in [3.8, 4) is 0 Å². The zero-order valence-corrected chi connectivity index (χ0v) is 18.1. The molecule has 0 bridgehead atoms. The molecule has 0 aromatic heterocycles. The third-order valence-electron chi connectivity index (χ3n) is 5.37. The molecular formula is C20H22ClFN2O4S. The number of hydrogen-bond donors (Lipinski definition) is 1. The highest BCUT2D eigenvalue weighted by Gasteiger charge is 2.44. The predicted octanol–water partition coefficient (Wildman–Crippen LogP) is 3.81. The number of methoxy groups -OCH3 is 1. The van der Waals surface area contributed by atoms with Gasteiger partial charge in [0.1, 0.15) is 16.8 Å². The Hall–Kier alpha value is -2.16. The van der Waals surface area contributed by atoms with Crippen molar-refractivity contribution in [1.82, 2.24) is 4.31 Å². The van der Waals surface area contributed by atoms with Crippen LogP contribution in [0.5, 0.6) is 0 Å². The van der Waals surface area contributed by atoms with Crippen LogP contribution in [0.25, 0.3) is 0 Å². The molecule has 0 aliphatic carbocycles. The second-order valence-corrected chi connectivity index (χ2v) is 9.32. The quantitative estimate of drug-likeness (QED) is 0.731. The molecule has 2 aromatic carbocycles. The maximum Gasteiger partial charge on any atom is 0.324 e. The minimum Gasteiger partial charge on any atom is -0.468 e. The number of carbonyl (C=O) groups is 1. The molecule has 0 saturated heterocycles. The molecule has 0 fully saturated rings. The molecule has 6 nitrogen and oxygen atoms in total. The van der Waals surface area contributed by atoms with Gasteiger partial charge in [-0.15, -0.1) is 0 Å². The van der Waals surface area contributed by atoms with Crippen LogP contribution in [0.2, 0.25) is 5.02 Å². The number of nitrogens with zero attached hydrogens (tertiary/aromatic N) is 1. The van der Waals surface area contributed by atoms with E-state index in [9.17, 15) is 17.6 Å². The topological polar surface area (TPSA) is 75.7 Å². The lowest BCUT2D eigenvalue weighted by molar-refractivity contribution is -0.145. The van der Waals surface area contributed by atoms with E-state index in [1.54, 1.807) is 19.9 Å². The Morgan fingerprint density at radius 1 is 1.28 bits per heavy atom. The van der Waals surface area contributed by atoms with Crippen molar-refractivity contribution in [1.29, 1.82) is 0 Å². The Morgan fingerprint density at radius 3 is 2.62 bits per heavy atom. The van der Waals surface area contributed by atoms with E-state index in [0.717, 1.165) is 9.87 Å². The van der Waals surface area contributed by atoms with Crippen LogP contribution in [-0.4, -0.2) is 38.5 Å². The number of nitrogens with one attached hydrogen (secondary N) is 1. The number of sulfonamides is 1. The van der Waals surface area contributed by atoms with E-state index < -0.39 is 33.8 Å². The van der Waals surface area contributed by atoms with Gasteiger partial charge in [-0.05, 0) is 54.8 Å². The fourth-order valence-electron chi connectivity index (χ4n) is 3.70. The summed E-state index contributed by atoms with van der Waals surface area (Å²) in [4.78, 5) is 12.7. The van der Waals surface area contributed by atoms with E-state index in [1.165, 1.54) is 31.4 Å². The van der Waals surface area contributed by atoms with E-state index >= 15 is 0 Å². The molecule has 9 heteroatoms. The summed E-state index contributed by atoms with van der Waals surface area (Å²) in [5, 5.41) is 3.36. The summed E-state index contributed by atoms with van der Waals surface area (Å²) in [5.74, 6) is -2.04. The number of fused-ring (bicyclic) bond motifs is 1. The van der Waals surface area contributed by atoms with Gasteiger partial charge in [-0.2, -0.15) is 4.31 Å². The molecular weight excluding hydrogens is 419 g/mol. The monoisotopic (exact) mass is 440 g/mol. The van der Waals surface area contributed by atoms with Crippen LogP contribution >= 0.6 is 11.6 Å². The van der Waals surface area contributed by atoms with E-state index in [1.807, 2.05) is 6.92 Å². The Balaban J connectivity index is 2.13. The molecule has 0 unspecified atom stereocenters. The lowest BCUT2D eigenvalue weighted by Crippen LogP contribution is -2.52. The summed E-state index contributed by atoms with van der Waals surface area (Å²) in [7, 11) is -2.87. The van der Waals surface area contributed by atoms with Gasteiger partial charge in [-0.25, -0.2) is 12.8 Å². The zero-order valence-electron chi connectivity index (χ0n) is 16.5. The molecule has 1 aliphatic rings. The molecule has 29 heavy (non-hydrogen) atoms. The number of rotatable bonds is 4. The number of aryl methyl sites for hydroxylation is 1. The number of halogens is 2. The molecule has 0 spiro atoms. The van der Waals surface area contributed by atoms with Crippen molar-refractivity contribution in [2.45, 2.75) is 37.6 Å². The summed E-state index contributed by atoms with van der Waals surface area (Å²) >= 11 is 5.96. The van der Waals surface area contributed by atoms with Crippen LogP contribution < -0.4 is 5.32 Å². The molecule has 0 amide bonds. The molecule has 0 saturated carbocycles. The van der Waals surface area contributed by atoms with Gasteiger partial charge in [0.25, 0.3) is 0 Å². The number of carbonyl (C=O) groups excluding carboxylic acids is 1. The summed E-state index contributed by atoms with van der Waals surface area (Å²) in [5.41, 5.74) is 2.15. The second kappa shape index (κ2) is 7.93. The lowest BCUT2D eigenvalue weighted by atomic mass is 9.87. The van der Waals surface area contributed by atoms with E-state index in [2.05, 4.69) is 5.32 Å². The molecule has 1 aliphatic heterocycles. The molecule has 1 N–H and O–H groups in total. The van der Waals surface area contributed by atoms with Gasteiger partial charge in [0.2, 0.25) is 10.0 Å². The number of ether oxygens (including phenoxy) is 1. The largest absolute Gasteiger partial charge is 0.468 e. The van der Waals surface area contributed by atoms with E-state index in [4.69, 9.17) is 16.3 Å². The molecule has 0 radical (unpaired) electrons. The van der Waals surface area contributed by atoms with Crippen molar-refractivity contribution >= 4 is 33.3 Å². The van der Waals surface area contributed by atoms with Crippen molar-refractivity contribution < 1.29 is 22.3 Å². The Bertz CT molecular complexity index is 1070. The number of anilines is 1. The lowest BCUT2D eigenvalue weighted by Gasteiger charge is -2.37. The van der Waals surface area contributed by atoms with Crippen molar-refractivity contribution in [2.75, 3.05) is 19.1 Å². The highest BCUT2D eigenvalue weighted by molar-refractivity contribution is 7.89. The minimum atomic E-state index is -4.05. The zero-order chi connectivity index (χ0) is 21.5. The molecule has 2 atom stereocenters. The van der Waals surface area contributed by atoms with Crippen LogP contribution in [0.3, 0.4) is 0 Å². The average Bonchev–Trinajstić information content (AvgIpc) is 2.66. The van der Waals surface area contributed by atoms with Crippen LogP contribution in [0, 0.1) is 19.7 Å². The smallest absolute Gasteiger partial charge is 0.324 e.